The maximum absolute atomic E-state index is 10.4. The van der Waals surface area contributed by atoms with Gasteiger partial charge in [-0.1, -0.05) is 17.3 Å². The van der Waals surface area contributed by atoms with E-state index in [2.05, 4.69) is 20.8 Å². The SMILES string of the molecule is CCNC(=NCc1ccon1)NCC(O)c1cccc(OC(C)C)c1. The molecule has 136 valence electrons. The highest BCUT2D eigenvalue weighted by Gasteiger charge is 2.10. The van der Waals surface area contributed by atoms with Crippen LogP contribution in [0.4, 0.5) is 0 Å². The fourth-order valence-electron chi connectivity index (χ4n) is 2.20. The van der Waals surface area contributed by atoms with Gasteiger partial charge in [-0.15, -0.1) is 0 Å². The zero-order valence-electron chi connectivity index (χ0n) is 14.9. The Morgan fingerprint density at radius 1 is 1.32 bits per heavy atom. The predicted molar refractivity (Wildman–Crippen MR) is 96.5 cm³/mol. The summed E-state index contributed by atoms with van der Waals surface area (Å²) >= 11 is 0. The van der Waals surface area contributed by atoms with Gasteiger partial charge in [0, 0.05) is 19.2 Å². The van der Waals surface area contributed by atoms with Crippen LogP contribution in [0.5, 0.6) is 5.75 Å². The number of aliphatic hydroxyl groups is 1. The lowest BCUT2D eigenvalue weighted by Gasteiger charge is -2.17. The zero-order valence-corrected chi connectivity index (χ0v) is 14.9. The molecular weight excluding hydrogens is 320 g/mol. The second-order valence-electron chi connectivity index (χ2n) is 5.82. The molecule has 1 aromatic carbocycles. The van der Waals surface area contributed by atoms with E-state index in [-0.39, 0.29) is 6.10 Å². The smallest absolute Gasteiger partial charge is 0.191 e. The zero-order chi connectivity index (χ0) is 18.1. The molecule has 3 N–H and O–H groups in total. The van der Waals surface area contributed by atoms with Gasteiger partial charge < -0.3 is 25.0 Å². The molecule has 2 rings (SSSR count). The van der Waals surface area contributed by atoms with E-state index in [0.29, 0.717) is 19.0 Å². The molecule has 1 atom stereocenters. The number of nitrogens with zero attached hydrogens (tertiary/aromatic N) is 2. The van der Waals surface area contributed by atoms with E-state index >= 15 is 0 Å². The van der Waals surface area contributed by atoms with Crippen molar-refractivity contribution in [2.45, 2.75) is 39.5 Å². The first kappa shape index (κ1) is 18.8. The lowest BCUT2D eigenvalue weighted by Crippen LogP contribution is -2.39. The van der Waals surface area contributed by atoms with Crippen molar-refractivity contribution in [1.29, 1.82) is 0 Å². The van der Waals surface area contributed by atoms with Crippen LogP contribution in [0.15, 0.2) is 46.1 Å². The molecule has 0 fully saturated rings. The van der Waals surface area contributed by atoms with E-state index in [1.54, 1.807) is 6.07 Å². The van der Waals surface area contributed by atoms with Crippen LogP contribution in [0.2, 0.25) is 0 Å². The normalized spacial score (nSPS) is 12.9. The Bertz CT molecular complexity index is 656. The molecule has 1 unspecified atom stereocenters. The number of rotatable bonds is 8. The monoisotopic (exact) mass is 346 g/mol. The second-order valence-corrected chi connectivity index (χ2v) is 5.82. The van der Waals surface area contributed by atoms with Crippen LogP contribution >= 0.6 is 0 Å². The molecule has 0 aliphatic carbocycles. The van der Waals surface area contributed by atoms with Gasteiger partial charge in [0.15, 0.2) is 5.96 Å². The van der Waals surface area contributed by atoms with Crippen molar-refractivity contribution in [3.63, 3.8) is 0 Å². The van der Waals surface area contributed by atoms with Crippen molar-refractivity contribution in [1.82, 2.24) is 15.8 Å². The van der Waals surface area contributed by atoms with Crippen LogP contribution in [0.25, 0.3) is 0 Å². The lowest BCUT2D eigenvalue weighted by atomic mass is 10.1. The summed E-state index contributed by atoms with van der Waals surface area (Å²) in [5, 5.41) is 20.5. The lowest BCUT2D eigenvalue weighted by molar-refractivity contribution is 0.179. The number of hydrogen-bond acceptors (Lipinski definition) is 5. The number of nitrogens with one attached hydrogen (secondary N) is 2. The summed E-state index contributed by atoms with van der Waals surface area (Å²) in [6, 6.07) is 9.25. The fraction of sp³-hybridized carbons (Fsp3) is 0.444. The standard InChI is InChI=1S/C18H26N4O3/c1-4-19-18(20-11-15-8-9-24-22-15)21-12-17(23)14-6-5-7-16(10-14)25-13(2)3/h5-10,13,17,23H,4,11-12H2,1-3H3,(H2,19,20,21). The van der Waals surface area contributed by atoms with Crippen LogP contribution in [0.1, 0.15) is 38.1 Å². The number of ether oxygens (including phenoxy) is 1. The maximum Gasteiger partial charge on any atom is 0.191 e. The third-order valence-corrected chi connectivity index (χ3v) is 3.31. The van der Waals surface area contributed by atoms with Gasteiger partial charge in [0.1, 0.15) is 17.7 Å². The highest BCUT2D eigenvalue weighted by molar-refractivity contribution is 5.79. The number of guanidine groups is 1. The minimum absolute atomic E-state index is 0.0922. The van der Waals surface area contributed by atoms with Crippen molar-refractivity contribution in [2.75, 3.05) is 13.1 Å². The minimum Gasteiger partial charge on any atom is -0.491 e. The molecule has 1 aromatic heterocycles. The molecule has 1 heterocycles. The molecule has 0 saturated heterocycles. The number of aliphatic hydroxyl groups excluding tert-OH is 1. The summed E-state index contributed by atoms with van der Waals surface area (Å²) < 4.78 is 10.5. The van der Waals surface area contributed by atoms with E-state index in [1.807, 2.05) is 45.0 Å². The predicted octanol–water partition coefficient (Wildman–Crippen LogP) is 2.25. The van der Waals surface area contributed by atoms with E-state index < -0.39 is 6.10 Å². The molecule has 0 aliphatic rings. The van der Waals surface area contributed by atoms with Crippen molar-refractivity contribution in [3.8, 4) is 5.75 Å². The van der Waals surface area contributed by atoms with Gasteiger partial charge in [0.25, 0.3) is 0 Å². The molecule has 0 bridgehead atoms. The van der Waals surface area contributed by atoms with Crippen LogP contribution in [-0.4, -0.2) is 35.4 Å². The van der Waals surface area contributed by atoms with Crippen LogP contribution < -0.4 is 15.4 Å². The van der Waals surface area contributed by atoms with E-state index in [4.69, 9.17) is 9.26 Å². The van der Waals surface area contributed by atoms with Crippen LogP contribution in [-0.2, 0) is 6.54 Å². The summed E-state index contributed by atoms with van der Waals surface area (Å²) in [6.45, 7) is 7.38. The number of benzene rings is 1. The summed E-state index contributed by atoms with van der Waals surface area (Å²) in [5.74, 6) is 1.36. The third-order valence-electron chi connectivity index (χ3n) is 3.31. The first-order chi connectivity index (χ1) is 12.1. The highest BCUT2D eigenvalue weighted by atomic mass is 16.5. The Kier molecular flexibility index (Phi) is 7.28. The van der Waals surface area contributed by atoms with Gasteiger partial charge in [-0.25, -0.2) is 4.99 Å². The van der Waals surface area contributed by atoms with Crippen molar-refractivity contribution >= 4 is 5.96 Å². The van der Waals surface area contributed by atoms with Gasteiger partial charge in [-0.3, -0.25) is 0 Å². The average molecular weight is 346 g/mol. The molecule has 0 aliphatic heterocycles. The number of aromatic nitrogens is 1. The Morgan fingerprint density at radius 3 is 2.84 bits per heavy atom. The van der Waals surface area contributed by atoms with Gasteiger partial charge in [-0.05, 0) is 38.5 Å². The first-order valence-electron chi connectivity index (χ1n) is 8.44. The Labute approximate surface area is 148 Å². The second kappa shape index (κ2) is 9.68. The van der Waals surface area contributed by atoms with Crippen LogP contribution in [0, 0.1) is 0 Å². The molecule has 0 radical (unpaired) electrons. The van der Waals surface area contributed by atoms with Crippen molar-refractivity contribution in [2.24, 2.45) is 4.99 Å². The largest absolute Gasteiger partial charge is 0.491 e. The van der Waals surface area contributed by atoms with Gasteiger partial charge in [0.2, 0.25) is 0 Å². The molecule has 25 heavy (non-hydrogen) atoms. The first-order valence-corrected chi connectivity index (χ1v) is 8.44. The highest BCUT2D eigenvalue weighted by Crippen LogP contribution is 2.19. The summed E-state index contributed by atoms with van der Waals surface area (Å²) in [6.07, 6.45) is 0.933. The van der Waals surface area contributed by atoms with E-state index in [1.165, 1.54) is 6.26 Å². The van der Waals surface area contributed by atoms with Crippen molar-refractivity contribution < 1.29 is 14.4 Å². The van der Waals surface area contributed by atoms with Gasteiger partial charge >= 0.3 is 0 Å². The van der Waals surface area contributed by atoms with E-state index in [9.17, 15) is 5.11 Å². The molecular formula is C18H26N4O3. The number of hydrogen-bond donors (Lipinski definition) is 3. The molecule has 7 heteroatoms. The quantitative estimate of drug-likeness (QED) is 0.502. The maximum atomic E-state index is 10.4. The van der Waals surface area contributed by atoms with Gasteiger partial charge in [0.05, 0.1) is 18.8 Å². The summed E-state index contributed by atoms with van der Waals surface area (Å²) in [7, 11) is 0. The fourth-order valence-corrected chi connectivity index (χ4v) is 2.20. The third kappa shape index (κ3) is 6.46. The van der Waals surface area contributed by atoms with Gasteiger partial charge in [-0.2, -0.15) is 0 Å². The molecule has 2 aromatic rings. The summed E-state index contributed by atoms with van der Waals surface area (Å²) in [4.78, 5) is 4.41. The topological polar surface area (TPSA) is 91.9 Å². The Balaban J connectivity index is 1.93. The van der Waals surface area contributed by atoms with Crippen LogP contribution in [0.3, 0.4) is 0 Å². The summed E-state index contributed by atoms with van der Waals surface area (Å²) in [5.41, 5.74) is 1.54. The Hall–Kier alpha value is -2.54. The minimum atomic E-state index is -0.674. The molecule has 0 amide bonds. The average Bonchev–Trinajstić information content (AvgIpc) is 3.10. The van der Waals surface area contributed by atoms with Crippen molar-refractivity contribution in [3.05, 3.63) is 47.9 Å². The Morgan fingerprint density at radius 2 is 2.16 bits per heavy atom. The van der Waals surface area contributed by atoms with E-state index in [0.717, 1.165) is 23.6 Å². The number of aliphatic imine (C=N–C) groups is 1. The molecule has 0 saturated carbocycles. The molecule has 7 nitrogen and oxygen atoms in total. The molecule has 0 spiro atoms.